The van der Waals surface area contributed by atoms with E-state index < -0.39 is 0 Å². The summed E-state index contributed by atoms with van der Waals surface area (Å²) in [6.07, 6.45) is 0. The van der Waals surface area contributed by atoms with Gasteiger partial charge in [0, 0.05) is 0 Å². The number of nitrogens with one attached hydrogen (secondary N) is 1. The third kappa shape index (κ3) is 2.23. The zero-order valence-corrected chi connectivity index (χ0v) is 13.4. The van der Waals surface area contributed by atoms with Crippen LogP contribution in [0.5, 0.6) is 0 Å². The van der Waals surface area contributed by atoms with Gasteiger partial charge in [0.05, 0.1) is 10.2 Å². The first-order valence-electron chi connectivity index (χ1n) is 7.10. The summed E-state index contributed by atoms with van der Waals surface area (Å²) in [7, 11) is 0. The van der Waals surface area contributed by atoms with Crippen LogP contribution in [0.2, 0.25) is 0 Å². The lowest BCUT2D eigenvalue weighted by Gasteiger charge is -1.95. The molecule has 0 bridgehead atoms. The molecule has 0 amide bonds. The van der Waals surface area contributed by atoms with Crippen molar-refractivity contribution in [1.29, 1.82) is 0 Å². The van der Waals surface area contributed by atoms with E-state index in [4.69, 9.17) is 4.42 Å². The van der Waals surface area contributed by atoms with Crippen LogP contribution in [0.4, 0.5) is 11.1 Å². The molecule has 2 aromatic carbocycles. The van der Waals surface area contributed by atoms with Crippen LogP contribution in [-0.2, 0) is 0 Å². The number of anilines is 2. The molecule has 2 heterocycles. The van der Waals surface area contributed by atoms with E-state index in [1.165, 1.54) is 15.8 Å². The highest BCUT2D eigenvalue weighted by atomic mass is 32.1. The van der Waals surface area contributed by atoms with Crippen molar-refractivity contribution in [2.75, 3.05) is 5.32 Å². The van der Waals surface area contributed by atoms with Gasteiger partial charge in [0.2, 0.25) is 0 Å². The van der Waals surface area contributed by atoms with Crippen molar-refractivity contribution in [3.8, 4) is 0 Å². The minimum Gasteiger partial charge on any atom is -0.423 e. The SMILES string of the molecule is Cc1ccc2nc(Nc3nc4c(C)cc(C)cc4s3)oc2c1. The summed E-state index contributed by atoms with van der Waals surface area (Å²) >= 11 is 1.61. The molecule has 0 unspecified atom stereocenters. The van der Waals surface area contributed by atoms with E-state index in [2.05, 4.69) is 41.3 Å². The normalized spacial score (nSPS) is 11.4. The van der Waals surface area contributed by atoms with Gasteiger partial charge in [-0.3, -0.25) is 5.32 Å². The highest BCUT2D eigenvalue weighted by Gasteiger charge is 2.11. The topological polar surface area (TPSA) is 51.0 Å². The molecule has 0 saturated carbocycles. The Labute approximate surface area is 131 Å². The van der Waals surface area contributed by atoms with Crippen LogP contribution in [-0.4, -0.2) is 9.97 Å². The van der Waals surface area contributed by atoms with Gasteiger partial charge in [-0.25, -0.2) is 4.98 Å². The fourth-order valence-corrected chi connectivity index (χ4v) is 3.63. The van der Waals surface area contributed by atoms with Gasteiger partial charge in [0.25, 0.3) is 0 Å². The summed E-state index contributed by atoms with van der Waals surface area (Å²) in [6, 6.07) is 10.8. The summed E-state index contributed by atoms with van der Waals surface area (Å²) in [4.78, 5) is 9.09. The van der Waals surface area contributed by atoms with Crippen molar-refractivity contribution in [3.63, 3.8) is 0 Å². The predicted molar refractivity (Wildman–Crippen MR) is 91.1 cm³/mol. The van der Waals surface area contributed by atoms with Crippen LogP contribution in [0.1, 0.15) is 16.7 Å². The number of benzene rings is 2. The molecule has 0 radical (unpaired) electrons. The zero-order chi connectivity index (χ0) is 15.3. The number of aryl methyl sites for hydroxylation is 3. The predicted octanol–water partition coefficient (Wildman–Crippen LogP) is 5.11. The quantitative estimate of drug-likeness (QED) is 0.559. The third-order valence-electron chi connectivity index (χ3n) is 3.59. The Morgan fingerprint density at radius 3 is 2.73 bits per heavy atom. The molecule has 4 nitrogen and oxygen atoms in total. The molecule has 0 saturated heterocycles. The van der Waals surface area contributed by atoms with E-state index in [0.717, 1.165) is 27.3 Å². The standard InChI is InChI=1S/C17H15N3OS/c1-9-4-5-12-13(7-9)21-16(18-12)20-17-19-15-11(3)6-10(2)8-14(15)22-17/h4-8H,1-3H3,(H,18,19,20). The molecule has 22 heavy (non-hydrogen) atoms. The molecule has 4 rings (SSSR count). The van der Waals surface area contributed by atoms with Gasteiger partial charge in [-0.15, -0.1) is 0 Å². The molecule has 110 valence electrons. The molecule has 0 aliphatic rings. The van der Waals surface area contributed by atoms with Gasteiger partial charge in [-0.2, -0.15) is 4.98 Å². The van der Waals surface area contributed by atoms with Crippen molar-refractivity contribution >= 4 is 43.8 Å². The number of rotatable bonds is 2. The van der Waals surface area contributed by atoms with Crippen molar-refractivity contribution in [2.24, 2.45) is 0 Å². The fraction of sp³-hybridized carbons (Fsp3) is 0.176. The van der Waals surface area contributed by atoms with Gasteiger partial charge in [-0.1, -0.05) is 23.5 Å². The Hall–Kier alpha value is -2.40. The minimum absolute atomic E-state index is 0.481. The highest BCUT2D eigenvalue weighted by molar-refractivity contribution is 7.22. The highest BCUT2D eigenvalue weighted by Crippen LogP contribution is 2.31. The monoisotopic (exact) mass is 309 g/mol. The maximum Gasteiger partial charge on any atom is 0.302 e. The van der Waals surface area contributed by atoms with E-state index in [1.54, 1.807) is 11.3 Å². The average Bonchev–Trinajstić information content (AvgIpc) is 3.01. The molecule has 0 atom stereocenters. The van der Waals surface area contributed by atoms with Crippen LogP contribution in [0, 0.1) is 20.8 Å². The number of fused-ring (bicyclic) bond motifs is 2. The number of nitrogens with zero attached hydrogens (tertiary/aromatic N) is 2. The lowest BCUT2D eigenvalue weighted by Crippen LogP contribution is -1.88. The molecule has 5 heteroatoms. The fourth-order valence-electron chi connectivity index (χ4n) is 2.60. The molecule has 0 spiro atoms. The number of hydrogen-bond acceptors (Lipinski definition) is 5. The average molecular weight is 309 g/mol. The van der Waals surface area contributed by atoms with E-state index >= 15 is 0 Å². The van der Waals surface area contributed by atoms with E-state index in [1.807, 2.05) is 25.1 Å². The molecule has 4 aromatic rings. The first kappa shape index (κ1) is 13.3. The molecule has 0 fully saturated rings. The summed E-state index contributed by atoms with van der Waals surface area (Å²) < 4.78 is 6.92. The molecule has 1 N–H and O–H groups in total. The van der Waals surface area contributed by atoms with Crippen LogP contribution in [0.3, 0.4) is 0 Å². The Balaban J connectivity index is 1.74. The summed E-state index contributed by atoms with van der Waals surface area (Å²) in [5.41, 5.74) is 6.26. The second kappa shape index (κ2) is 4.81. The van der Waals surface area contributed by atoms with Crippen LogP contribution >= 0.6 is 11.3 Å². The van der Waals surface area contributed by atoms with Crippen molar-refractivity contribution in [1.82, 2.24) is 9.97 Å². The first-order chi connectivity index (χ1) is 10.6. The van der Waals surface area contributed by atoms with E-state index in [-0.39, 0.29) is 0 Å². The molecular weight excluding hydrogens is 294 g/mol. The van der Waals surface area contributed by atoms with Crippen molar-refractivity contribution in [2.45, 2.75) is 20.8 Å². The Kier molecular flexibility index (Phi) is 2.90. The zero-order valence-electron chi connectivity index (χ0n) is 12.6. The maximum atomic E-state index is 5.75. The molecular formula is C17H15N3OS. The van der Waals surface area contributed by atoms with Crippen LogP contribution in [0.25, 0.3) is 21.3 Å². The molecule has 0 aliphatic carbocycles. The first-order valence-corrected chi connectivity index (χ1v) is 7.92. The summed E-state index contributed by atoms with van der Waals surface area (Å²) in [5.74, 6) is 0. The van der Waals surface area contributed by atoms with Gasteiger partial charge in [0.15, 0.2) is 10.7 Å². The number of oxazole rings is 1. The second-order valence-electron chi connectivity index (χ2n) is 5.56. The van der Waals surface area contributed by atoms with E-state index in [0.29, 0.717) is 6.01 Å². The number of hydrogen-bond donors (Lipinski definition) is 1. The maximum absolute atomic E-state index is 5.75. The third-order valence-corrected chi connectivity index (χ3v) is 4.51. The minimum atomic E-state index is 0.481. The Morgan fingerprint density at radius 1 is 1.00 bits per heavy atom. The van der Waals surface area contributed by atoms with E-state index in [9.17, 15) is 0 Å². The van der Waals surface area contributed by atoms with Crippen LogP contribution in [0.15, 0.2) is 34.7 Å². The molecule has 2 aromatic heterocycles. The van der Waals surface area contributed by atoms with Crippen molar-refractivity contribution in [3.05, 3.63) is 47.0 Å². The van der Waals surface area contributed by atoms with Crippen molar-refractivity contribution < 1.29 is 4.42 Å². The van der Waals surface area contributed by atoms with Gasteiger partial charge in [-0.05, 0) is 55.7 Å². The van der Waals surface area contributed by atoms with Gasteiger partial charge in [0.1, 0.15) is 5.52 Å². The Bertz CT molecular complexity index is 1000. The van der Waals surface area contributed by atoms with Gasteiger partial charge >= 0.3 is 6.01 Å². The summed E-state index contributed by atoms with van der Waals surface area (Å²) in [6.45, 7) is 6.22. The van der Waals surface area contributed by atoms with Crippen LogP contribution < -0.4 is 5.32 Å². The summed E-state index contributed by atoms with van der Waals surface area (Å²) in [5, 5.41) is 3.98. The smallest absolute Gasteiger partial charge is 0.302 e. The second-order valence-corrected chi connectivity index (χ2v) is 6.59. The lowest BCUT2D eigenvalue weighted by molar-refractivity contribution is 0.623. The molecule has 0 aliphatic heterocycles. The Morgan fingerprint density at radius 2 is 1.86 bits per heavy atom. The lowest BCUT2D eigenvalue weighted by atomic mass is 10.1. The number of thiazole rings is 1. The largest absolute Gasteiger partial charge is 0.423 e. The van der Waals surface area contributed by atoms with Gasteiger partial charge < -0.3 is 4.42 Å². The number of aromatic nitrogens is 2.